The smallest absolute Gasteiger partial charge is 0.0951 e. The van der Waals surface area contributed by atoms with Crippen LogP contribution in [0.1, 0.15) is 17.7 Å². The van der Waals surface area contributed by atoms with Gasteiger partial charge in [0.1, 0.15) is 0 Å². The molecule has 0 aliphatic heterocycles. The first kappa shape index (κ1) is 12.7. The molecule has 1 saturated carbocycles. The topological polar surface area (TPSA) is 42.1 Å². The Balaban J connectivity index is 1.81. The first-order valence-corrected chi connectivity index (χ1v) is 8.13. The second-order valence-corrected chi connectivity index (χ2v) is 6.54. The van der Waals surface area contributed by atoms with E-state index in [1.807, 2.05) is 29.7 Å². The van der Waals surface area contributed by atoms with Crippen LogP contribution in [-0.4, -0.2) is 11.0 Å². The quantitative estimate of drug-likeness (QED) is 0.738. The molecule has 106 valence electrons. The van der Waals surface area contributed by atoms with Gasteiger partial charge in [0.25, 0.3) is 0 Å². The molecule has 4 heteroatoms. The van der Waals surface area contributed by atoms with Crippen molar-refractivity contribution in [3.05, 3.63) is 52.9 Å². The van der Waals surface area contributed by atoms with Gasteiger partial charge in [-0.15, -0.1) is 11.3 Å². The number of hydrogen-bond acceptors (Lipinski definition) is 4. The highest BCUT2D eigenvalue weighted by Crippen LogP contribution is 2.38. The van der Waals surface area contributed by atoms with Crippen LogP contribution in [0.3, 0.4) is 0 Å². The van der Waals surface area contributed by atoms with E-state index >= 15 is 0 Å². The number of rotatable bonds is 4. The van der Waals surface area contributed by atoms with Gasteiger partial charge in [0.05, 0.1) is 17.7 Å². The number of pyridine rings is 1. The molecule has 4 rings (SSSR count). The molecule has 1 fully saturated rings. The van der Waals surface area contributed by atoms with Gasteiger partial charge in [0, 0.05) is 28.2 Å². The first-order valence-electron chi connectivity index (χ1n) is 7.25. The molecule has 0 radical (unpaired) electrons. The number of aromatic nitrogens is 1. The number of nitrogens with zero attached hydrogens (tertiary/aromatic N) is 2. The minimum absolute atomic E-state index is 0.652. The second-order valence-electron chi connectivity index (χ2n) is 5.51. The van der Waals surface area contributed by atoms with Crippen molar-refractivity contribution >= 4 is 33.6 Å². The Labute approximate surface area is 128 Å². The Morgan fingerprint density at radius 1 is 1.19 bits per heavy atom. The molecule has 1 aliphatic rings. The summed E-state index contributed by atoms with van der Waals surface area (Å²) >= 11 is 1.82. The van der Waals surface area contributed by atoms with Crippen LogP contribution >= 0.6 is 11.3 Å². The van der Waals surface area contributed by atoms with Crippen LogP contribution in [0.4, 0.5) is 11.4 Å². The van der Waals surface area contributed by atoms with Crippen LogP contribution in [0.15, 0.2) is 48.0 Å². The fourth-order valence-electron chi connectivity index (χ4n) is 2.80. The van der Waals surface area contributed by atoms with E-state index in [4.69, 9.17) is 5.73 Å². The van der Waals surface area contributed by atoms with E-state index in [1.165, 1.54) is 23.4 Å². The average Bonchev–Trinajstić information content (AvgIpc) is 3.23. The lowest BCUT2D eigenvalue weighted by molar-refractivity contribution is 0.807. The van der Waals surface area contributed by atoms with Gasteiger partial charge in [-0.1, -0.05) is 6.07 Å². The standard InChI is InChI=1S/C17H17N3S/c18-15-7-8-16(14-4-1-9-19-17(14)15)20(12-5-6-12)11-13-3-2-10-21-13/h1-4,7-10,12H,5-6,11,18H2. The van der Waals surface area contributed by atoms with Crippen LogP contribution in [0, 0.1) is 0 Å². The van der Waals surface area contributed by atoms with Crippen molar-refractivity contribution in [2.24, 2.45) is 0 Å². The molecule has 3 nitrogen and oxygen atoms in total. The summed E-state index contributed by atoms with van der Waals surface area (Å²) in [6, 6.07) is 13.2. The fraction of sp³-hybridized carbons (Fsp3) is 0.235. The van der Waals surface area contributed by atoms with Crippen molar-refractivity contribution in [2.45, 2.75) is 25.4 Å². The molecule has 21 heavy (non-hydrogen) atoms. The van der Waals surface area contributed by atoms with Crippen LogP contribution in [0.5, 0.6) is 0 Å². The Morgan fingerprint density at radius 3 is 2.86 bits per heavy atom. The second kappa shape index (κ2) is 5.04. The zero-order chi connectivity index (χ0) is 14.2. The zero-order valence-electron chi connectivity index (χ0n) is 11.7. The molecular formula is C17H17N3S. The molecule has 2 aromatic heterocycles. The molecule has 0 saturated heterocycles. The highest BCUT2D eigenvalue weighted by molar-refractivity contribution is 7.09. The van der Waals surface area contributed by atoms with Crippen molar-refractivity contribution in [3.63, 3.8) is 0 Å². The SMILES string of the molecule is Nc1ccc(N(Cc2cccs2)C2CC2)c2cccnc12. The Morgan fingerprint density at radius 2 is 2.10 bits per heavy atom. The summed E-state index contributed by atoms with van der Waals surface area (Å²) in [5.41, 5.74) is 8.99. The van der Waals surface area contributed by atoms with E-state index in [0.717, 1.165) is 23.1 Å². The predicted molar refractivity (Wildman–Crippen MR) is 89.7 cm³/mol. The highest BCUT2D eigenvalue weighted by atomic mass is 32.1. The molecule has 1 aromatic carbocycles. The number of thiophene rings is 1. The van der Waals surface area contributed by atoms with Crippen molar-refractivity contribution in [1.29, 1.82) is 0 Å². The first-order chi connectivity index (χ1) is 10.3. The van der Waals surface area contributed by atoms with E-state index in [1.54, 1.807) is 0 Å². The number of anilines is 2. The van der Waals surface area contributed by atoms with Crippen molar-refractivity contribution < 1.29 is 0 Å². The van der Waals surface area contributed by atoms with Gasteiger partial charge in [-0.3, -0.25) is 4.98 Å². The lowest BCUT2D eigenvalue weighted by Gasteiger charge is -2.26. The van der Waals surface area contributed by atoms with Crippen LogP contribution in [-0.2, 0) is 6.54 Å². The molecule has 0 spiro atoms. The van der Waals surface area contributed by atoms with E-state index in [0.29, 0.717) is 6.04 Å². The molecule has 0 unspecified atom stereocenters. The van der Waals surface area contributed by atoms with Crippen molar-refractivity contribution in [2.75, 3.05) is 10.6 Å². The molecular weight excluding hydrogens is 278 g/mol. The average molecular weight is 295 g/mol. The van der Waals surface area contributed by atoms with Gasteiger partial charge in [-0.05, 0) is 48.6 Å². The third-order valence-electron chi connectivity index (χ3n) is 3.98. The third-order valence-corrected chi connectivity index (χ3v) is 4.84. The van der Waals surface area contributed by atoms with Crippen LogP contribution in [0.25, 0.3) is 10.9 Å². The fourth-order valence-corrected chi connectivity index (χ4v) is 3.50. The Hall–Kier alpha value is -2.07. The molecule has 2 heterocycles. The molecule has 0 bridgehead atoms. The van der Waals surface area contributed by atoms with Gasteiger partial charge >= 0.3 is 0 Å². The maximum atomic E-state index is 6.07. The van der Waals surface area contributed by atoms with Gasteiger partial charge < -0.3 is 10.6 Å². The minimum Gasteiger partial charge on any atom is -0.397 e. The Bertz CT molecular complexity index is 763. The largest absolute Gasteiger partial charge is 0.397 e. The molecule has 0 atom stereocenters. The summed E-state index contributed by atoms with van der Waals surface area (Å²) in [7, 11) is 0. The van der Waals surface area contributed by atoms with Crippen LogP contribution < -0.4 is 10.6 Å². The number of fused-ring (bicyclic) bond motifs is 1. The lowest BCUT2D eigenvalue weighted by atomic mass is 10.1. The maximum absolute atomic E-state index is 6.07. The van der Waals surface area contributed by atoms with Gasteiger partial charge in [-0.25, -0.2) is 0 Å². The summed E-state index contributed by atoms with van der Waals surface area (Å²) in [6.45, 7) is 0.968. The number of nitrogens with two attached hydrogens (primary N) is 1. The summed E-state index contributed by atoms with van der Waals surface area (Å²) < 4.78 is 0. The number of nitrogen functional groups attached to an aromatic ring is 1. The van der Waals surface area contributed by atoms with Crippen molar-refractivity contribution in [1.82, 2.24) is 4.98 Å². The summed E-state index contributed by atoms with van der Waals surface area (Å²) in [5.74, 6) is 0. The summed E-state index contributed by atoms with van der Waals surface area (Å²) in [4.78, 5) is 8.36. The molecule has 0 amide bonds. The number of hydrogen-bond donors (Lipinski definition) is 1. The van der Waals surface area contributed by atoms with Crippen LogP contribution in [0.2, 0.25) is 0 Å². The van der Waals surface area contributed by atoms with Gasteiger partial charge in [-0.2, -0.15) is 0 Å². The molecule has 3 aromatic rings. The maximum Gasteiger partial charge on any atom is 0.0951 e. The predicted octanol–water partition coefficient (Wildman–Crippen LogP) is 4.05. The Kier molecular flexibility index (Phi) is 3.04. The summed E-state index contributed by atoms with van der Waals surface area (Å²) in [6.07, 6.45) is 4.36. The minimum atomic E-state index is 0.652. The van der Waals surface area contributed by atoms with E-state index in [2.05, 4.69) is 39.5 Å². The van der Waals surface area contributed by atoms with E-state index in [-0.39, 0.29) is 0 Å². The number of benzene rings is 1. The third kappa shape index (κ3) is 2.36. The molecule has 2 N–H and O–H groups in total. The lowest BCUT2D eigenvalue weighted by Crippen LogP contribution is -2.24. The van der Waals surface area contributed by atoms with Gasteiger partial charge in [0.2, 0.25) is 0 Å². The van der Waals surface area contributed by atoms with E-state index in [9.17, 15) is 0 Å². The zero-order valence-corrected chi connectivity index (χ0v) is 12.5. The normalized spacial score (nSPS) is 14.5. The van der Waals surface area contributed by atoms with Crippen molar-refractivity contribution in [3.8, 4) is 0 Å². The highest BCUT2D eigenvalue weighted by Gasteiger charge is 2.30. The van der Waals surface area contributed by atoms with E-state index < -0.39 is 0 Å². The van der Waals surface area contributed by atoms with Gasteiger partial charge in [0.15, 0.2) is 0 Å². The monoisotopic (exact) mass is 295 g/mol. The molecule has 1 aliphatic carbocycles. The summed E-state index contributed by atoms with van der Waals surface area (Å²) in [5, 5.41) is 3.30.